The van der Waals surface area contributed by atoms with E-state index in [2.05, 4.69) is 29.7 Å². The fourth-order valence-corrected chi connectivity index (χ4v) is 2.07. The largest absolute Gasteiger partial charge is 0.494 e. The monoisotopic (exact) mass is 395 g/mol. The van der Waals surface area contributed by atoms with Gasteiger partial charge in [0.15, 0.2) is 0 Å². The first-order valence-corrected chi connectivity index (χ1v) is 8.53. The number of hydrazine groups is 1. The van der Waals surface area contributed by atoms with E-state index < -0.39 is 23.7 Å². The van der Waals surface area contributed by atoms with Crippen molar-refractivity contribution in [2.45, 2.75) is 26.4 Å². The molecule has 2 N–H and O–H groups in total. The molecular weight excluding hydrogens is 375 g/mol. The zero-order valence-corrected chi connectivity index (χ0v) is 15.3. The Morgan fingerprint density at radius 1 is 1.00 bits per heavy atom. The van der Waals surface area contributed by atoms with Crippen LogP contribution in [0.1, 0.15) is 46.7 Å². The predicted octanol–water partition coefficient (Wildman–Crippen LogP) is 3.60. The number of halogens is 3. The highest BCUT2D eigenvalue weighted by molar-refractivity contribution is 5.98. The highest BCUT2D eigenvalue weighted by Gasteiger charge is 2.32. The third kappa shape index (κ3) is 6.26. The molecule has 6 nitrogen and oxygen atoms in total. The predicted molar refractivity (Wildman–Crippen MR) is 95.6 cm³/mol. The number of carbonyl (C=O) groups is 2. The second-order valence-corrected chi connectivity index (χ2v) is 6.39. The van der Waals surface area contributed by atoms with Crippen molar-refractivity contribution in [2.24, 2.45) is 5.92 Å². The van der Waals surface area contributed by atoms with Crippen LogP contribution in [-0.2, 0) is 6.18 Å². The smallest absolute Gasteiger partial charge is 0.433 e. The van der Waals surface area contributed by atoms with Gasteiger partial charge >= 0.3 is 6.18 Å². The number of hydrogen-bond acceptors (Lipinski definition) is 4. The molecule has 0 aliphatic heterocycles. The van der Waals surface area contributed by atoms with Gasteiger partial charge in [-0.2, -0.15) is 13.2 Å². The van der Waals surface area contributed by atoms with Crippen LogP contribution < -0.4 is 15.6 Å². The van der Waals surface area contributed by atoms with E-state index in [9.17, 15) is 22.8 Å². The van der Waals surface area contributed by atoms with Crippen LogP contribution in [0.15, 0.2) is 42.6 Å². The number of carbonyl (C=O) groups excluding carboxylic acids is 2. The minimum atomic E-state index is -4.59. The van der Waals surface area contributed by atoms with Gasteiger partial charge in [0.25, 0.3) is 11.8 Å². The van der Waals surface area contributed by atoms with E-state index in [4.69, 9.17) is 4.74 Å². The van der Waals surface area contributed by atoms with Gasteiger partial charge in [-0.1, -0.05) is 13.8 Å². The average molecular weight is 395 g/mol. The van der Waals surface area contributed by atoms with Crippen molar-refractivity contribution in [1.29, 1.82) is 0 Å². The van der Waals surface area contributed by atoms with Crippen molar-refractivity contribution >= 4 is 11.8 Å². The minimum Gasteiger partial charge on any atom is -0.494 e. The fraction of sp³-hybridized carbons (Fsp3) is 0.316. The van der Waals surface area contributed by atoms with E-state index in [1.165, 1.54) is 12.1 Å². The Morgan fingerprint density at radius 3 is 2.07 bits per heavy atom. The quantitative estimate of drug-likeness (QED) is 0.733. The third-order valence-corrected chi connectivity index (χ3v) is 3.69. The van der Waals surface area contributed by atoms with Gasteiger partial charge in [0.1, 0.15) is 11.4 Å². The maximum absolute atomic E-state index is 12.5. The molecule has 0 unspecified atom stereocenters. The van der Waals surface area contributed by atoms with Gasteiger partial charge in [0, 0.05) is 11.8 Å². The van der Waals surface area contributed by atoms with Gasteiger partial charge in [0.05, 0.1) is 12.2 Å². The Balaban J connectivity index is 1.86. The molecule has 0 spiro atoms. The SMILES string of the molecule is CC(C)CCOc1ccc(C(=O)NNC(=O)c2ccc(C(F)(F)F)nc2)cc1. The zero-order valence-electron chi connectivity index (χ0n) is 15.3. The summed E-state index contributed by atoms with van der Waals surface area (Å²) < 4.78 is 42.9. The maximum Gasteiger partial charge on any atom is 0.433 e. The maximum atomic E-state index is 12.5. The number of benzene rings is 1. The zero-order chi connectivity index (χ0) is 20.7. The van der Waals surface area contributed by atoms with Crippen molar-refractivity contribution in [2.75, 3.05) is 6.61 Å². The number of nitrogens with zero attached hydrogens (tertiary/aromatic N) is 1. The molecule has 0 bridgehead atoms. The Hall–Kier alpha value is -3.10. The summed E-state index contributed by atoms with van der Waals surface area (Å²) in [5.74, 6) is -0.226. The Morgan fingerprint density at radius 2 is 1.57 bits per heavy atom. The second kappa shape index (κ2) is 9.20. The van der Waals surface area contributed by atoms with Crippen LogP contribution >= 0.6 is 0 Å². The molecule has 2 aromatic rings. The van der Waals surface area contributed by atoms with E-state index in [-0.39, 0.29) is 11.1 Å². The van der Waals surface area contributed by atoms with Crippen molar-refractivity contribution in [3.8, 4) is 5.75 Å². The standard InChI is InChI=1S/C19H20F3N3O3/c1-12(2)9-10-28-15-6-3-13(4-7-15)17(26)24-25-18(27)14-5-8-16(23-11-14)19(20,21)22/h3-8,11-12H,9-10H2,1-2H3,(H,24,26)(H,25,27). The molecule has 0 fully saturated rings. The number of aromatic nitrogens is 1. The number of alkyl halides is 3. The van der Waals surface area contributed by atoms with E-state index in [1.54, 1.807) is 12.1 Å². The molecule has 28 heavy (non-hydrogen) atoms. The Kier molecular flexibility index (Phi) is 6.97. The van der Waals surface area contributed by atoms with Gasteiger partial charge in [-0.15, -0.1) is 0 Å². The van der Waals surface area contributed by atoms with Crippen LogP contribution in [0.4, 0.5) is 13.2 Å². The van der Waals surface area contributed by atoms with Crippen LogP contribution in [0, 0.1) is 5.92 Å². The lowest BCUT2D eigenvalue weighted by Crippen LogP contribution is -2.41. The summed E-state index contributed by atoms with van der Waals surface area (Å²) in [4.78, 5) is 27.1. The fourth-order valence-electron chi connectivity index (χ4n) is 2.07. The molecule has 0 saturated heterocycles. The topological polar surface area (TPSA) is 80.3 Å². The van der Waals surface area contributed by atoms with Crippen LogP contribution in [0.2, 0.25) is 0 Å². The van der Waals surface area contributed by atoms with Crippen molar-refractivity contribution < 1.29 is 27.5 Å². The summed E-state index contributed by atoms with van der Waals surface area (Å²) in [5, 5.41) is 0. The van der Waals surface area contributed by atoms with Crippen molar-refractivity contribution in [1.82, 2.24) is 15.8 Å². The summed E-state index contributed by atoms with van der Waals surface area (Å²) >= 11 is 0. The molecule has 1 aromatic heterocycles. The summed E-state index contributed by atoms with van der Waals surface area (Å²) in [5.41, 5.74) is 3.37. The van der Waals surface area contributed by atoms with Gasteiger partial charge < -0.3 is 4.74 Å². The number of pyridine rings is 1. The van der Waals surface area contributed by atoms with Gasteiger partial charge in [-0.05, 0) is 48.7 Å². The second-order valence-electron chi connectivity index (χ2n) is 6.39. The number of nitrogens with one attached hydrogen (secondary N) is 2. The first-order valence-electron chi connectivity index (χ1n) is 8.53. The molecule has 0 aliphatic carbocycles. The van der Waals surface area contributed by atoms with Gasteiger partial charge in [0.2, 0.25) is 0 Å². The molecule has 0 atom stereocenters. The molecule has 0 aliphatic rings. The minimum absolute atomic E-state index is 0.123. The van der Waals surface area contributed by atoms with E-state index in [1.807, 2.05) is 0 Å². The average Bonchev–Trinajstić information content (AvgIpc) is 2.65. The van der Waals surface area contributed by atoms with Crippen LogP contribution in [0.3, 0.4) is 0 Å². The molecule has 0 radical (unpaired) electrons. The Labute approximate surface area is 160 Å². The van der Waals surface area contributed by atoms with E-state index in [0.29, 0.717) is 24.3 Å². The Bertz CT molecular complexity index is 804. The molecule has 150 valence electrons. The molecule has 1 aromatic carbocycles. The summed E-state index contributed by atoms with van der Waals surface area (Å²) in [7, 11) is 0. The summed E-state index contributed by atoms with van der Waals surface area (Å²) in [6.45, 7) is 4.75. The van der Waals surface area contributed by atoms with Crippen LogP contribution in [0.5, 0.6) is 5.75 Å². The van der Waals surface area contributed by atoms with Crippen molar-refractivity contribution in [3.05, 3.63) is 59.4 Å². The molecule has 1 heterocycles. The third-order valence-electron chi connectivity index (χ3n) is 3.69. The van der Waals surface area contributed by atoms with E-state index >= 15 is 0 Å². The molecule has 0 saturated carbocycles. The number of rotatable bonds is 6. The normalized spacial score (nSPS) is 11.2. The number of amides is 2. The number of ether oxygens (including phenoxy) is 1. The summed E-state index contributed by atoms with van der Waals surface area (Å²) in [6.07, 6.45) is -2.89. The lowest BCUT2D eigenvalue weighted by molar-refractivity contribution is -0.141. The highest BCUT2D eigenvalue weighted by Crippen LogP contribution is 2.27. The van der Waals surface area contributed by atoms with Gasteiger partial charge in [-0.3, -0.25) is 25.4 Å². The first kappa shape index (κ1) is 21.2. The molecule has 2 amide bonds. The number of hydrogen-bond donors (Lipinski definition) is 2. The summed E-state index contributed by atoms with van der Waals surface area (Å²) in [6, 6.07) is 8.00. The first-order chi connectivity index (χ1) is 13.2. The van der Waals surface area contributed by atoms with Crippen LogP contribution in [0.25, 0.3) is 0 Å². The van der Waals surface area contributed by atoms with Crippen molar-refractivity contribution in [3.63, 3.8) is 0 Å². The lowest BCUT2D eigenvalue weighted by Gasteiger charge is -2.10. The molecular formula is C19H20F3N3O3. The lowest BCUT2D eigenvalue weighted by atomic mass is 10.1. The van der Waals surface area contributed by atoms with E-state index in [0.717, 1.165) is 18.7 Å². The highest BCUT2D eigenvalue weighted by atomic mass is 19.4. The molecule has 9 heteroatoms. The molecule has 2 rings (SSSR count). The van der Waals surface area contributed by atoms with Crippen LogP contribution in [-0.4, -0.2) is 23.4 Å². The van der Waals surface area contributed by atoms with Gasteiger partial charge in [-0.25, -0.2) is 0 Å².